The average Bonchev–Trinajstić information content (AvgIpc) is 2.19. The van der Waals surface area contributed by atoms with Gasteiger partial charge in [0.05, 0.1) is 4.92 Å². The van der Waals surface area contributed by atoms with Crippen LogP contribution in [0.25, 0.3) is 0 Å². The Kier molecular flexibility index (Phi) is 3.47. The molecule has 0 bridgehead atoms. The van der Waals surface area contributed by atoms with Gasteiger partial charge in [-0.25, -0.2) is 0 Å². The molecule has 14 heavy (non-hydrogen) atoms. The van der Waals surface area contributed by atoms with Gasteiger partial charge < -0.3 is 5.32 Å². The maximum Gasteiger partial charge on any atom is 0.269 e. The van der Waals surface area contributed by atoms with E-state index >= 15 is 0 Å². The van der Waals surface area contributed by atoms with Gasteiger partial charge in [0.1, 0.15) is 0 Å². The van der Waals surface area contributed by atoms with E-state index in [9.17, 15) is 10.1 Å². The second-order valence-corrected chi connectivity index (χ2v) is 2.59. The molecule has 4 heteroatoms. The van der Waals surface area contributed by atoms with Crippen LogP contribution in [0.3, 0.4) is 0 Å². The Balaban J connectivity index is 2.64. The smallest absolute Gasteiger partial charge is 0.269 e. The molecule has 0 saturated heterocycles. The lowest BCUT2D eigenvalue weighted by Gasteiger charge is -2.01. The molecule has 0 aliphatic heterocycles. The lowest BCUT2D eigenvalue weighted by Crippen LogP contribution is -1.97. The first kappa shape index (κ1) is 10.0. The van der Waals surface area contributed by atoms with Crippen molar-refractivity contribution < 1.29 is 4.92 Å². The van der Waals surface area contributed by atoms with Gasteiger partial charge in [0, 0.05) is 24.4 Å². The highest BCUT2D eigenvalue weighted by Gasteiger charge is 2.02. The number of non-ortho nitro benzene ring substituents is 1. The molecule has 1 N–H and O–H groups in total. The molecule has 72 valence electrons. The molecule has 1 rings (SSSR count). The molecule has 1 aromatic rings. The molecule has 1 aromatic carbocycles. The summed E-state index contributed by atoms with van der Waals surface area (Å²) in [6, 6.07) is 6.24. The maximum atomic E-state index is 10.3. The Morgan fingerprint density at radius 3 is 2.64 bits per heavy atom. The first-order chi connectivity index (χ1) is 6.74. The molecule has 0 spiro atoms. The van der Waals surface area contributed by atoms with Crippen LogP contribution in [0.5, 0.6) is 0 Å². The van der Waals surface area contributed by atoms with Crippen molar-refractivity contribution >= 4 is 11.4 Å². The molecule has 0 saturated carbocycles. The van der Waals surface area contributed by atoms with Gasteiger partial charge in [0.15, 0.2) is 0 Å². The third-order valence-electron chi connectivity index (χ3n) is 1.63. The number of nitro groups is 1. The fourth-order valence-electron chi connectivity index (χ4n) is 0.942. The van der Waals surface area contributed by atoms with Crippen LogP contribution in [-0.4, -0.2) is 11.5 Å². The second-order valence-electron chi connectivity index (χ2n) is 2.59. The Bertz CT molecular complexity index is 364. The lowest BCUT2D eigenvalue weighted by atomic mass is 10.3. The number of nitrogens with zero attached hydrogens (tertiary/aromatic N) is 1. The van der Waals surface area contributed by atoms with Crippen LogP contribution in [0.1, 0.15) is 0 Å². The van der Waals surface area contributed by atoms with E-state index in [4.69, 9.17) is 0 Å². The van der Waals surface area contributed by atoms with Crippen molar-refractivity contribution in [2.24, 2.45) is 0 Å². The topological polar surface area (TPSA) is 55.2 Å². The molecule has 0 radical (unpaired) electrons. The average molecular weight is 190 g/mol. The molecule has 0 atom stereocenters. The minimum absolute atomic E-state index is 0.0924. The highest BCUT2D eigenvalue weighted by molar-refractivity contribution is 5.48. The molecule has 4 nitrogen and oxygen atoms in total. The summed E-state index contributed by atoms with van der Waals surface area (Å²) in [5, 5.41) is 13.4. The third-order valence-corrected chi connectivity index (χ3v) is 1.63. The summed E-state index contributed by atoms with van der Waals surface area (Å²) in [6.45, 7) is 4.03. The maximum absolute atomic E-state index is 10.3. The largest absolute Gasteiger partial charge is 0.381 e. The Hall–Kier alpha value is -2.06. The fourth-order valence-corrected chi connectivity index (χ4v) is 0.942. The summed E-state index contributed by atoms with van der Waals surface area (Å²) in [5.74, 6) is 0. The SMILES string of the molecule is C=C=CCNc1ccc([N+](=O)[O-])cc1. The van der Waals surface area contributed by atoms with Crippen molar-refractivity contribution in [3.05, 3.63) is 52.8 Å². The van der Waals surface area contributed by atoms with Gasteiger partial charge in [-0.3, -0.25) is 10.1 Å². The fraction of sp³-hybridized carbons (Fsp3) is 0.100. The minimum atomic E-state index is -0.423. The number of anilines is 1. The predicted molar refractivity (Wildman–Crippen MR) is 55.3 cm³/mol. The molecule has 0 fully saturated rings. The highest BCUT2D eigenvalue weighted by Crippen LogP contribution is 2.14. The second kappa shape index (κ2) is 4.84. The van der Waals surface area contributed by atoms with E-state index in [1.54, 1.807) is 18.2 Å². The summed E-state index contributed by atoms with van der Waals surface area (Å²) in [4.78, 5) is 9.91. The van der Waals surface area contributed by atoms with Gasteiger partial charge in [-0.2, -0.15) is 0 Å². The van der Waals surface area contributed by atoms with Crippen molar-refractivity contribution in [1.29, 1.82) is 0 Å². The molecular formula is C10H10N2O2. The quantitative estimate of drug-likeness (QED) is 0.450. The van der Waals surface area contributed by atoms with Crippen LogP contribution in [-0.2, 0) is 0 Å². The highest BCUT2D eigenvalue weighted by atomic mass is 16.6. The zero-order chi connectivity index (χ0) is 10.4. The number of nitro benzene ring substituents is 1. The van der Waals surface area contributed by atoms with Gasteiger partial charge in [0.25, 0.3) is 5.69 Å². The zero-order valence-electron chi connectivity index (χ0n) is 7.56. The van der Waals surface area contributed by atoms with Gasteiger partial charge in [0.2, 0.25) is 0 Å². The van der Waals surface area contributed by atoms with E-state index in [-0.39, 0.29) is 5.69 Å². The van der Waals surface area contributed by atoms with Crippen LogP contribution in [0, 0.1) is 10.1 Å². The first-order valence-corrected chi connectivity index (χ1v) is 4.06. The Morgan fingerprint density at radius 1 is 1.50 bits per heavy atom. The van der Waals surface area contributed by atoms with E-state index in [1.807, 2.05) is 0 Å². The number of hydrogen-bond acceptors (Lipinski definition) is 3. The van der Waals surface area contributed by atoms with Crippen molar-refractivity contribution in [2.45, 2.75) is 0 Å². The van der Waals surface area contributed by atoms with Crippen LogP contribution >= 0.6 is 0 Å². The summed E-state index contributed by atoms with van der Waals surface area (Å²) in [7, 11) is 0. The standard InChI is InChI=1S/C10H10N2O2/c1-2-3-8-11-9-4-6-10(7-5-9)12(13)14/h3-7,11H,1,8H2. The van der Waals surface area contributed by atoms with Gasteiger partial charge in [-0.05, 0) is 18.2 Å². The van der Waals surface area contributed by atoms with Gasteiger partial charge in [-0.15, -0.1) is 5.73 Å². The molecule has 0 aromatic heterocycles. The van der Waals surface area contributed by atoms with Crippen LogP contribution in [0.15, 0.2) is 42.7 Å². The minimum Gasteiger partial charge on any atom is -0.381 e. The summed E-state index contributed by atoms with van der Waals surface area (Å²) in [5.41, 5.74) is 3.55. The zero-order valence-corrected chi connectivity index (χ0v) is 7.56. The monoisotopic (exact) mass is 190 g/mol. The number of nitrogens with one attached hydrogen (secondary N) is 1. The first-order valence-electron chi connectivity index (χ1n) is 4.06. The van der Waals surface area contributed by atoms with Crippen molar-refractivity contribution in [3.8, 4) is 0 Å². The predicted octanol–water partition coefficient (Wildman–Crippen LogP) is 2.35. The van der Waals surface area contributed by atoms with Crippen LogP contribution in [0.2, 0.25) is 0 Å². The molecule has 0 aliphatic carbocycles. The molecule has 0 aliphatic rings. The van der Waals surface area contributed by atoms with Crippen molar-refractivity contribution in [3.63, 3.8) is 0 Å². The number of hydrogen-bond donors (Lipinski definition) is 1. The van der Waals surface area contributed by atoms with Crippen molar-refractivity contribution in [2.75, 3.05) is 11.9 Å². The van der Waals surface area contributed by atoms with Crippen LogP contribution < -0.4 is 5.32 Å². The van der Waals surface area contributed by atoms with E-state index in [0.29, 0.717) is 6.54 Å². The van der Waals surface area contributed by atoms with E-state index in [1.165, 1.54) is 12.1 Å². The molecule has 0 amide bonds. The summed E-state index contributed by atoms with van der Waals surface area (Å²) >= 11 is 0. The van der Waals surface area contributed by atoms with E-state index in [0.717, 1.165) is 5.69 Å². The molecule has 0 heterocycles. The number of benzene rings is 1. The Morgan fingerprint density at radius 2 is 2.14 bits per heavy atom. The molecular weight excluding hydrogens is 180 g/mol. The Labute approximate surface area is 81.7 Å². The normalized spacial score (nSPS) is 8.86. The van der Waals surface area contributed by atoms with E-state index < -0.39 is 4.92 Å². The van der Waals surface area contributed by atoms with E-state index in [2.05, 4.69) is 17.6 Å². The van der Waals surface area contributed by atoms with Crippen LogP contribution in [0.4, 0.5) is 11.4 Å². The third kappa shape index (κ3) is 2.77. The number of rotatable bonds is 4. The lowest BCUT2D eigenvalue weighted by molar-refractivity contribution is -0.384. The molecule has 0 unspecified atom stereocenters. The van der Waals surface area contributed by atoms with Crippen molar-refractivity contribution in [1.82, 2.24) is 0 Å². The summed E-state index contributed by atoms with van der Waals surface area (Å²) in [6.07, 6.45) is 1.74. The van der Waals surface area contributed by atoms with Gasteiger partial charge >= 0.3 is 0 Å². The van der Waals surface area contributed by atoms with Gasteiger partial charge in [-0.1, -0.05) is 6.58 Å². The summed E-state index contributed by atoms with van der Waals surface area (Å²) < 4.78 is 0.